The van der Waals surface area contributed by atoms with E-state index in [1.807, 2.05) is 0 Å². The number of nitrogens with one attached hydrogen (secondary N) is 1. The summed E-state index contributed by atoms with van der Waals surface area (Å²) in [7, 11) is 0. The Balaban J connectivity index is 2.30. The summed E-state index contributed by atoms with van der Waals surface area (Å²) in [5.41, 5.74) is 1.54. The highest BCUT2D eigenvalue weighted by atomic mass is 19.4. The van der Waals surface area contributed by atoms with Gasteiger partial charge in [-0.25, -0.2) is 9.40 Å². The summed E-state index contributed by atoms with van der Waals surface area (Å²) in [6.07, 6.45) is -4.98. The summed E-state index contributed by atoms with van der Waals surface area (Å²) in [5, 5.41) is 0.931. The molecule has 0 unspecified atom stereocenters. The number of hydrogen-bond acceptors (Lipinski definition) is 2. The highest BCUT2D eigenvalue weighted by Crippen LogP contribution is 2.34. The van der Waals surface area contributed by atoms with Crippen molar-refractivity contribution in [3.05, 3.63) is 35.6 Å². The Morgan fingerprint density at radius 2 is 2.05 bits per heavy atom. The van der Waals surface area contributed by atoms with Crippen LogP contribution in [0.2, 0.25) is 0 Å². The maximum Gasteiger partial charge on any atom is 0.406 e. The van der Waals surface area contributed by atoms with Crippen LogP contribution in [0.5, 0.6) is 0 Å². The molecule has 1 aromatic carbocycles. The molecule has 2 rings (SSSR count). The molecule has 0 radical (unpaired) electrons. The lowest BCUT2D eigenvalue weighted by Gasteiger charge is -2.37. The Hall–Kier alpha value is -1.63. The van der Waals surface area contributed by atoms with Crippen LogP contribution in [0.1, 0.15) is 25.8 Å². The van der Waals surface area contributed by atoms with Crippen molar-refractivity contribution in [2.24, 2.45) is 0 Å². The topological polar surface area (TPSA) is 32.3 Å². The summed E-state index contributed by atoms with van der Waals surface area (Å²) in [5.74, 6) is -1.04. The predicted octanol–water partition coefficient (Wildman–Crippen LogP) is 2.81. The fraction of sp³-hybridized carbons (Fsp3) is 0.500. The van der Waals surface area contributed by atoms with E-state index in [0.29, 0.717) is 0 Å². The zero-order valence-electron chi connectivity index (χ0n) is 11.7. The fourth-order valence-electron chi connectivity index (χ4n) is 2.54. The van der Waals surface area contributed by atoms with Crippen LogP contribution in [0.3, 0.4) is 0 Å². The highest BCUT2D eigenvalue weighted by Gasteiger charge is 2.51. The first-order valence-electron chi connectivity index (χ1n) is 6.49. The third-order valence-electron chi connectivity index (χ3n) is 3.50. The van der Waals surface area contributed by atoms with Gasteiger partial charge in [0.1, 0.15) is 11.9 Å². The van der Waals surface area contributed by atoms with Crippen LogP contribution in [0.25, 0.3) is 0 Å². The maximum atomic E-state index is 13.3. The molecule has 1 N–H and O–H groups in total. The van der Waals surface area contributed by atoms with Gasteiger partial charge in [0, 0.05) is 12.0 Å². The number of halogens is 4. The first-order chi connectivity index (χ1) is 9.59. The molecule has 1 saturated heterocycles. The molecule has 0 bridgehead atoms. The Morgan fingerprint density at radius 3 is 2.52 bits per heavy atom. The number of rotatable bonds is 3. The summed E-state index contributed by atoms with van der Waals surface area (Å²) in [6, 6.07) is 3.15. The summed E-state index contributed by atoms with van der Waals surface area (Å²) < 4.78 is 53.2. The second-order valence-electron chi connectivity index (χ2n) is 5.79. The average molecular weight is 304 g/mol. The Labute approximate surface area is 119 Å². The minimum absolute atomic E-state index is 0.0112. The molecule has 0 spiro atoms. The SMILES string of the molecule is CC1(C)CC(=O)NN1[C@@H](Cc1cccc(F)c1)C(F)(F)F. The van der Waals surface area contributed by atoms with E-state index in [1.165, 1.54) is 18.2 Å². The number of alkyl halides is 3. The number of hydrazine groups is 1. The van der Waals surface area contributed by atoms with Gasteiger partial charge in [-0.1, -0.05) is 12.1 Å². The van der Waals surface area contributed by atoms with E-state index in [1.54, 1.807) is 13.8 Å². The zero-order valence-corrected chi connectivity index (χ0v) is 11.7. The molecule has 1 fully saturated rings. The summed E-state index contributed by atoms with van der Waals surface area (Å²) in [6.45, 7) is 3.13. The summed E-state index contributed by atoms with van der Waals surface area (Å²) in [4.78, 5) is 11.4. The molecule has 1 atom stereocenters. The van der Waals surface area contributed by atoms with Gasteiger partial charge >= 0.3 is 6.18 Å². The molecule has 21 heavy (non-hydrogen) atoms. The number of carbonyl (C=O) groups excluding carboxylic acids is 1. The van der Waals surface area contributed by atoms with Gasteiger partial charge in [-0.15, -0.1) is 0 Å². The summed E-state index contributed by atoms with van der Waals surface area (Å²) >= 11 is 0. The smallest absolute Gasteiger partial charge is 0.288 e. The largest absolute Gasteiger partial charge is 0.406 e. The fourth-order valence-corrected chi connectivity index (χ4v) is 2.54. The van der Waals surface area contributed by atoms with Gasteiger partial charge in [0.2, 0.25) is 5.91 Å². The van der Waals surface area contributed by atoms with Gasteiger partial charge in [0.25, 0.3) is 0 Å². The molecule has 0 aliphatic carbocycles. The van der Waals surface area contributed by atoms with Crippen LogP contribution >= 0.6 is 0 Å². The van der Waals surface area contributed by atoms with Crippen molar-refractivity contribution in [3.63, 3.8) is 0 Å². The molecule has 1 aliphatic heterocycles. The standard InChI is InChI=1S/C14H16F4N2O/c1-13(2)8-12(21)19-20(13)11(14(16,17)18)7-9-4-3-5-10(15)6-9/h3-6,11H,7-8H2,1-2H3,(H,19,21)/t11-/m0/s1. The minimum Gasteiger partial charge on any atom is -0.288 e. The van der Waals surface area contributed by atoms with Crippen molar-refractivity contribution in [3.8, 4) is 0 Å². The Kier molecular flexibility index (Phi) is 3.97. The van der Waals surface area contributed by atoms with Crippen LogP contribution in [-0.4, -0.2) is 28.7 Å². The lowest BCUT2D eigenvalue weighted by atomic mass is 9.97. The molecular formula is C14H16F4N2O. The third kappa shape index (κ3) is 3.53. The minimum atomic E-state index is -4.54. The van der Waals surface area contributed by atoms with E-state index in [4.69, 9.17) is 0 Å². The van der Waals surface area contributed by atoms with Crippen LogP contribution < -0.4 is 5.43 Å². The van der Waals surface area contributed by atoms with E-state index >= 15 is 0 Å². The molecule has 0 saturated carbocycles. The van der Waals surface area contributed by atoms with Crippen molar-refractivity contribution in [1.82, 2.24) is 10.4 Å². The quantitative estimate of drug-likeness (QED) is 0.871. The molecule has 1 aliphatic rings. The van der Waals surface area contributed by atoms with Gasteiger partial charge in [-0.05, 0) is 38.0 Å². The lowest BCUT2D eigenvalue weighted by molar-refractivity contribution is -0.200. The molecule has 1 amide bonds. The molecule has 116 valence electrons. The van der Waals surface area contributed by atoms with Crippen molar-refractivity contribution < 1.29 is 22.4 Å². The number of nitrogens with zero attached hydrogens (tertiary/aromatic N) is 1. The monoisotopic (exact) mass is 304 g/mol. The Morgan fingerprint density at radius 1 is 1.38 bits per heavy atom. The first kappa shape index (κ1) is 15.8. The van der Waals surface area contributed by atoms with Gasteiger partial charge in [0.05, 0.1) is 0 Å². The number of carbonyl (C=O) groups is 1. The van der Waals surface area contributed by atoms with Gasteiger partial charge in [-0.3, -0.25) is 10.2 Å². The van der Waals surface area contributed by atoms with E-state index in [0.717, 1.165) is 11.1 Å². The number of benzene rings is 1. The van der Waals surface area contributed by atoms with Crippen molar-refractivity contribution in [2.45, 2.75) is 44.4 Å². The van der Waals surface area contributed by atoms with Crippen LogP contribution in [0.15, 0.2) is 24.3 Å². The van der Waals surface area contributed by atoms with Crippen LogP contribution in [0.4, 0.5) is 17.6 Å². The molecular weight excluding hydrogens is 288 g/mol. The molecule has 7 heteroatoms. The molecule has 1 aromatic rings. The van der Waals surface area contributed by atoms with Crippen LogP contribution in [0, 0.1) is 5.82 Å². The van der Waals surface area contributed by atoms with Crippen molar-refractivity contribution in [2.75, 3.05) is 0 Å². The van der Waals surface area contributed by atoms with Crippen molar-refractivity contribution >= 4 is 5.91 Å². The zero-order chi connectivity index (χ0) is 15.8. The van der Waals surface area contributed by atoms with E-state index in [9.17, 15) is 22.4 Å². The third-order valence-corrected chi connectivity index (χ3v) is 3.50. The highest BCUT2D eigenvalue weighted by molar-refractivity contribution is 5.78. The maximum absolute atomic E-state index is 13.3. The molecule has 0 aromatic heterocycles. The van der Waals surface area contributed by atoms with E-state index in [-0.39, 0.29) is 12.0 Å². The Bertz CT molecular complexity index is 542. The van der Waals surface area contributed by atoms with Gasteiger partial charge in [0.15, 0.2) is 0 Å². The second kappa shape index (κ2) is 5.29. The first-order valence-corrected chi connectivity index (χ1v) is 6.49. The lowest BCUT2D eigenvalue weighted by Crippen LogP contribution is -2.57. The van der Waals surface area contributed by atoms with E-state index in [2.05, 4.69) is 5.43 Å². The van der Waals surface area contributed by atoms with E-state index < -0.39 is 35.9 Å². The van der Waals surface area contributed by atoms with Gasteiger partial charge in [-0.2, -0.15) is 13.2 Å². The molecule has 1 heterocycles. The normalized spacial score (nSPS) is 20.4. The second-order valence-corrected chi connectivity index (χ2v) is 5.79. The number of hydrogen-bond donors (Lipinski definition) is 1. The van der Waals surface area contributed by atoms with Gasteiger partial charge < -0.3 is 0 Å². The van der Waals surface area contributed by atoms with Crippen LogP contribution in [-0.2, 0) is 11.2 Å². The predicted molar refractivity (Wildman–Crippen MR) is 68.6 cm³/mol. The number of amides is 1. The molecule has 3 nitrogen and oxygen atoms in total. The average Bonchev–Trinajstić information content (AvgIpc) is 2.58. The van der Waals surface area contributed by atoms with Crippen molar-refractivity contribution in [1.29, 1.82) is 0 Å².